The SMILES string of the molecule is Cc1ccc([N+](=O)[O-])cc1NC1CCN(CC(N)=O)CC1. The van der Waals surface area contributed by atoms with Crippen molar-refractivity contribution in [2.75, 3.05) is 25.0 Å². The van der Waals surface area contributed by atoms with Crippen LogP contribution in [-0.2, 0) is 4.79 Å². The Kier molecular flexibility index (Phi) is 4.74. The van der Waals surface area contributed by atoms with Crippen LogP contribution in [0.15, 0.2) is 18.2 Å². The van der Waals surface area contributed by atoms with Gasteiger partial charge in [0, 0.05) is 37.0 Å². The quantitative estimate of drug-likeness (QED) is 0.628. The third kappa shape index (κ3) is 4.16. The number of hydrogen-bond donors (Lipinski definition) is 2. The van der Waals surface area contributed by atoms with Crippen molar-refractivity contribution in [1.29, 1.82) is 0 Å². The first-order valence-corrected chi connectivity index (χ1v) is 6.98. The lowest BCUT2D eigenvalue weighted by Crippen LogP contribution is -2.43. The molecule has 0 bridgehead atoms. The standard InChI is InChI=1S/C14H20N4O3/c1-10-2-3-12(18(20)21)8-13(10)16-11-4-6-17(7-5-11)9-14(15)19/h2-3,8,11,16H,4-7,9H2,1H3,(H2,15,19). The van der Waals surface area contributed by atoms with E-state index >= 15 is 0 Å². The summed E-state index contributed by atoms with van der Waals surface area (Å²) >= 11 is 0. The van der Waals surface area contributed by atoms with E-state index in [2.05, 4.69) is 5.32 Å². The number of amides is 1. The van der Waals surface area contributed by atoms with Gasteiger partial charge >= 0.3 is 0 Å². The van der Waals surface area contributed by atoms with Crippen molar-refractivity contribution in [2.24, 2.45) is 5.73 Å². The third-order valence-corrected chi connectivity index (χ3v) is 3.76. The number of aryl methyl sites for hydroxylation is 1. The first kappa shape index (κ1) is 15.2. The molecule has 0 unspecified atom stereocenters. The summed E-state index contributed by atoms with van der Waals surface area (Å²) in [7, 11) is 0. The van der Waals surface area contributed by atoms with Crippen LogP contribution in [0.5, 0.6) is 0 Å². The van der Waals surface area contributed by atoms with Gasteiger partial charge in [-0.1, -0.05) is 6.07 Å². The van der Waals surface area contributed by atoms with E-state index in [9.17, 15) is 14.9 Å². The number of likely N-dealkylation sites (tertiary alicyclic amines) is 1. The van der Waals surface area contributed by atoms with Gasteiger partial charge in [0.15, 0.2) is 0 Å². The molecule has 7 nitrogen and oxygen atoms in total. The van der Waals surface area contributed by atoms with Crippen molar-refractivity contribution in [3.63, 3.8) is 0 Å². The minimum atomic E-state index is -0.389. The number of benzene rings is 1. The van der Waals surface area contributed by atoms with Gasteiger partial charge in [0.1, 0.15) is 0 Å². The Labute approximate surface area is 123 Å². The summed E-state index contributed by atoms with van der Waals surface area (Å²) in [6.45, 7) is 3.82. The average molecular weight is 292 g/mol. The molecular formula is C14H20N4O3. The van der Waals surface area contributed by atoms with Gasteiger partial charge in [-0.3, -0.25) is 19.8 Å². The molecule has 0 aliphatic carbocycles. The predicted molar refractivity (Wildman–Crippen MR) is 80.1 cm³/mol. The maximum Gasteiger partial charge on any atom is 0.271 e. The van der Waals surface area contributed by atoms with Crippen LogP contribution in [0.4, 0.5) is 11.4 Å². The van der Waals surface area contributed by atoms with Crippen LogP contribution in [-0.4, -0.2) is 41.4 Å². The van der Waals surface area contributed by atoms with E-state index in [1.54, 1.807) is 12.1 Å². The highest BCUT2D eigenvalue weighted by Crippen LogP contribution is 2.24. The molecule has 2 rings (SSSR count). The molecule has 0 spiro atoms. The molecule has 21 heavy (non-hydrogen) atoms. The molecule has 1 aliphatic rings. The minimum absolute atomic E-state index is 0.0919. The fourth-order valence-electron chi connectivity index (χ4n) is 2.55. The molecule has 1 aliphatic heterocycles. The van der Waals surface area contributed by atoms with Crippen LogP contribution < -0.4 is 11.1 Å². The van der Waals surface area contributed by atoms with E-state index in [1.165, 1.54) is 6.07 Å². The zero-order chi connectivity index (χ0) is 15.4. The number of carbonyl (C=O) groups excluding carboxylic acids is 1. The highest BCUT2D eigenvalue weighted by molar-refractivity contribution is 5.75. The lowest BCUT2D eigenvalue weighted by Gasteiger charge is -2.32. The molecule has 0 saturated carbocycles. The number of hydrogen-bond acceptors (Lipinski definition) is 5. The zero-order valence-electron chi connectivity index (χ0n) is 12.0. The number of nitrogens with two attached hydrogens (primary N) is 1. The van der Waals surface area contributed by atoms with Crippen LogP contribution >= 0.6 is 0 Å². The molecule has 1 aromatic rings. The summed E-state index contributed by atoms with van der Waals surface area (Å²) < 4.78 is 0. The lowest BCUT2D eigenvalue weighted by atomic mass is 10.0. The number of non-ortho nitro benzene ring substituents is 1. The fourth-order valence-corrected chi connectivity index (χ4v) is 2.55. The number of nitro groups is 1. The molecule has 1 amide bonds. The van der Waals surface area contributed by atoms with Gasteiger partial charge in [-0.15, -0.1) is 0 Å². The number of nitrogens with one attached hydrogen (secondary N) is 1. The molecule has 1 saturated heterocycles. The fraction of sp³-hybridized carbons (Fsp3) is 0.500. The van der Waals surface area contributed by atoms with E-state index in [4.69, 9.17) is 5.73 Å². The van der Waals surface area contributed by atoms with E-state index in [0.29, 0.717) is 6.54 Å². The topological polar surface area (TPSA) is 102 Å². The molecule has 114 valence electrons. The highest BCUT2D eigenvalue weighted by atomic mass is 16.6. The number of anilines is 1. The minimum Gasteiger partial charge on any atom is -0.382 e. The number of rotatable bonds is 5. The summed E-state index contributed by atoms with van der Waals surface area (Å²) in [6.07, 6.45) is 1.77. The largest absolute Gasteiger partial charge is 0.382 e. The van der Waals surface area contributed by atoms with Crippen LogP contribution in [0.25, 0.3) is 0 Å². The summed E-state index contributed by atoms with van der Waals surface area (Å²) in [4.78, 5) is 23.4. The van der Waals surface area contributed by atoms with Crippen LogP contribution in [0.3, 0.4) is 0 Å². The van der Waals surface area contributed by atoms with Gasteiger partial charge in [-0.25, -0.2) is 0 Å². The number of primary amides is 1. The summed E-state index contributed by atoms with van der Waals surface area (Å²) in [5, 5.41) is 14.2. The molecule has 1 heterocycles. The average Bonchev–Trinajstić information content (AvgIpc) is 2.42. The number of piperidine rings is 1. The van der Waals surface area contributed by atoms with Crippen molar-refractivity contribution in [3.8, 4) is 0 Å². The molecule has 1 aromatic carbocycles. The second-order valence-corrected chi connectivity index (χ2v) is 5.42. The van der Waals surface area contributed by atoms with Gasteiger partial charge in [0.25, 0.3) is 5.69 Å². The van der Waals surface area contributed by atoms with E-state index < -0.39 is 0 Å². The molecule has 0 radical (unpaired) electrons. The Morgan fingerprint density at radius 3 is 2.71 bits per heavy atom. The Hall–Kier alpha value is -2.15. The first-order chi connectivity index (χ1) is 9.95. The lowest BCUT2D eigenvalue weighted by molar-refractivity contribution is -0.384. The molecule has 0 atom stereocenters. The van der Waals surface area contributed by atoms with Gasteiger partial charge in [0.05, 0.1) is 11.5 Å². The molecule has 1 fully saturated rings. The molecule has 3 N–H and O–H groups in total. The maximum atomic E-state index is 10.9. The zero-order valence-corrected chi connectivity index (χ0v) is 12.0. The second kappa shape index (κ2) is 6.53. The molecule has 7 heteroatoms. The van der Waals surface area contributed by atoms with E-state index in [-0.39, 0.29) is 22.6 Å². The van der Waals surface area contributed by atoms with Gasteiger partial charge in [0.2, 0.25) is 5.91 Å². The maximum absolute atomic E-state index is 10.9. The molecular weight excluding hydrogens is 272 g/mol. The first-order valence-electron chi connectivity index (χ1n) is 6.98. The predicted octanol–water partition coefficient (Wildman–Crippen LogP) is 1.26. The highest BCUT2D eigenvalue weighted by Gasteiger charge is 2.21. The third-order valence-electron chi connectivity index (χ3n) is 3.76. The van der Waals surface area contributed by atoms with Crippen LogP contribution in [0.1, 0.15) is 18.4 Å². The number of nitrogens with zero attached hydrogens (tertiary/aromatic N) is 2. The summed E-state index contributed by atoms with van der Waals surface area (Å²) in [5.74, 6) is -0.309. The van der Waals surface area contributed by atoms with Crippen molar-refractivity contribution in [2.45, 2.75) is 25.8 Å². The van der Waals surface area contributed by atoms with Crippen LogP contribution in [0.2, 0.25) is 0 Å². The number of nitro benzene ring substituents is 1. The van der Waals surface area contributed by atoms with E-state index in [0.717, 1.165) is 37.2 Å². The normalized spacial score (nSPS) is 16.6. The van der Waals surface area contributed by atoms with Gasteiger partial charge in [-0.05, 0) is 25.3 Å². The van der Waals surface area contributed by atoms with Crippen molar-refractivity contribution in [3.05, 3.63) is 33.9 Å². The Bertz CT molecular complexity index is 539. The van der Waals surface area contributed by atoms with Crippen molar-refractivity contribution >= 4 is 17.3 Å². The van der Waals surface area contributed by atoms with E-state index in [1.807, 2.05) is 11.8 Å². The number of carbonyl (C=O) groups is 1. The van der Waals surface area contributed by atoms with Gasteiger partial charge in [-0.2, -0.15) is 0 Å². The molecule has 0 aromatic heterocycles. The summed E-state index contributed by atoms with van der Waals surface area (Å²) in [6, 6.07) is 5.10. The van der Waals surface area contributed by atoms with Crippen LogP contribution in [0, 0.1) is 17.0 Å². The Balaban J connectivity index is 1.95. The van der Waals surface area contributed by atoms with Crippen molar-refractivity contribution in [1.82, 2.24) is 4.90 Å². The Morgan fingerprint density at radius 1 is 1.48 bits per heavy atom. The smallest absolute Gasteiger partial charge is 0.271 e. The van der Waals surface area contributed by atoms with Gasteiger partial charge < -0.3 is 11.1 Å². The monoisotopic (exact) mass is 292 g/mol. The Morgan fingerprint density at radius 2 is 2.14 bits per heavy atom. The summed E-state index contributed by atoms with van der Waals surface area (Å²) in [5.41, 5.74) is 7.07. The van der Waals surface area contributed by atoms with Crippen molar-refractivity contribution < 1.29 is 9.72 Å². The second-order valence-electron chi connectivity index (χ2n) is 5.42.